The molecule has 3 nitrogen and oxygen atoms in total. The maximum absolute atomic E-state index is 6.25. The van der Waals surface area contributed by atoms with Gasteiger partial charge in [0.05, 0.1) is 7.11 Å². The summed E-state index contributed by atoms with van der Waals surface area (Å²) in [6.07, 6.45) is 1.16. The molecule has 2 rings (SSSR count). The summed E-state index contributed by atoms with van der Waals surface area (Å²) in [6.45, 7) is 7.59. The second-order valence-corrected chi connectivity index (χ2v) is 5.93. The first-order valence-electron chi connectivity index (χ1n) is 6.62. The van der Waals surface area contributed by atoms with Crippen molar-refractivity contribution in [1.29, 1.82) is 0 Å². The maximum Gasteiger partial charge on any atom is 0.119 e. The Balaban J connectivity index is 1.98. The van der Waals surface area contributed by atoms with Gasteiger partial charge in [-0.2, -0.15) is 0 Å². The molecule has 0 amide bonds. The second-order valence-electron chi connectivity index (χ2n) is 5.93. The molecular weight excluding hydrogens is 224 g/mol. The topological polar surface area (TPSA) is 38.5 Å². The fraction of sp³-hybridized carbons (Fsp3) is 0.600. The molecular formula is C15H24N2O. The largest absolute Gasteiger partial charge is 0.497 e. The van der Waals surface area contributed by atoms with Crippen molar-refractivity contribution in [1.82, 2.24) is 4.90 Å². The van der Waals surface area contributed by atoms with Crippen LogP contribution in [-0.2, 0) is 6.54 Å². The minimum atomic E-state index is 0.261. The van der Waals surface area contributed by atoms with E-state index in [0.29, 0.717) is 0 Å². The number of hydrogen-bond acceptors (Lipinski definition) is 3. The Morgan fingerprint density at radius 3 is 2.89 bits per heavy atom. The monoisotopic (exact) mass is 248 g/mol. The van der Waals surface area contributed by atoms with Gasteiger partial charge < -0.3 is 10.5 Å². The van der Waals surface area contributed by atoms with Crippen molar-refractivity contribution >= 4 is 0 Å². The lowest BCUT2D eigenvalue weighted by atomic mass is 9.78. The predicted molar refractivity (Wildman–Crippen MR) is 74.6 cm³/mol. The van der Waals surface area contributed by atoms with Gasteiger partial charge in [0, 0.05) is 19.1 Å². The molecule has 1 heterocycles. The van der Waals surface area contributed by atoms with Crippen LogP contribution in [0, 0.1) is 5.41 Å². The Bertz CT molecular complexity index is 403. The molecule has 1 saturated heterocycles. The van der Waals surface area contributed by atoms with Crippen molar-refractivity contribution in [2.75, 3.05) is 20.2 Å². The number of ether oxygens (including phenoxy) is 1. The van der Waals surface area contributed by atoms with E-state index in [2.05, 4.69) is 30.9 Å². The summed E-state index contributed by atoms with van der Waals surface area (Å²) in [5, 5.41) is 0. The number of piperidine rings is 1. The van der Waals surface area contributed by atoms with E-state index in [-0.39, 0.29) is 11.5 Å². The summed E-state index contributed by atoms with van der Waals surface area (Å²) < 4.78 is 5.26. The molecule has 1 fully saturated rings. The van der Waals surface area contributed by atoms with Gasteiger partial charge in [-0.25, -0.2) is 0 Å². The number of rotatable bonds is 3. The first-order chi connectivity index (χ1) is 8.51. The number of likely N-dealkylation sites (tertiary alicyclic amines) is 1. The van der Waals surface area contributed by atoms with Gasteiger partial charge in [-0.05, 0) is 36.1 Å². The fourth-order valence-electron chi connectivity index (χ4n) is 2.42. The Morgan fingerprint density at radius 2 is 2.22 bits per heavy atom. The SMILES string of the molecule is COc1cccc(CN2CCC(C)(C)C(N)C2)c1. The molecule has 1 aromatic rings. The molecule has 100 valence electrons. The standard InChI is InChI=1S/C15H24N2O/c1-15(2)7-8-17(11-14(15)16)10-12-5-4-6-13(9-12)18-3/h4-6,9,14H,7-8,10-11,16H2,1-3H3. The quantitative estimate of drug-likeness (QED) is 0.891. The average Bonchev–Trinajstić information content (AvgIpc) is 2.35. The molecule has 1 aliphatic rings. The minimum Gasteiger partial charge on any atom is -0.497 e. The lowest BCUT2D eigenvalue weighted by molar-refractivity contribution is 0.101. The van der Waals surface area contributed by atoms with Crippen molar-refractivity contribution in [2.45, 2.75) is 32.9 Å². The number of benzene rings is 1. The van der Waals surface area contributed by atoms with E-state index in [0.717, 1.165) is 31.8 Å². The molecule has 1 atom stereocenters. The van der Waals surface area contributed by atoms with E-state index in [1.165, 1.54) is 5.56 Å². The fourth-order valence-corrected chi connectivity index (χ4v) is 2.42. The van der Waals surface area contributed by atoms with E-state index < -0.39 is 0 Å². The highest BCUT2D eigenvalue weighted by molar-refractivity contribution is 5.28. The zero-order chi connectivity index (χ0) is 13.2. The van der Waals surface area contributed by atoms with Gasteiger partial charge in [-0.3, -0.25) is 4.90 Å². The number of hydrogen-bond donors (Lipinski definition) is 1. The summed E-state index contributed by atoms with van der Waals surface area (Å²) in [7, 11) is 1.71. The Hall–Kier alpha value is -1.06. The maximum atomic E-state index is 6.25. The van der Waals surface area contributed by atoms with Crippen molar-refractivity contribution in [2.24, 2.45) is 11.1 Å². The highest BCUT2D eigenvalue weighted by Crippen LogP contribution is 2.29. The summed E-state index contributed by atoms with van der Waals surface area (Å²) in [5.74, 6) is 0.925. The predicted octanol–water partition coefficient (Wildman–Crippen LogP) is 2.25. The summed E-state index contributed by atoms with van der Waals surface area (Å²) >= 11 is 0. The molecule has 0 bridgehead atoms. The van der Waals surface area contributed by atoms with Crippen LogP contribution in [0.4, 0.5) is 0 Å². The molecule has 0 saturated carbocycles. The average molecular weight is 248 g/mol. The van der Waals surface area contributed by atoms with Crippen molar-refractivity contribution in [3.8, 4) is 5.75 Å². The van der Waals surface area contributed by atoms with Gasteiger partial charge in [-0.1, -0.05) is 26.0 Å². The van der Waals surface area contributed by atoms with Crippen LogP contribution in [0.15, 0.2) is 24.3 Å². The van der Waals surface area contributed by atoms with E-state index in [1.54, 1.807) is 7.11 Å². The first kappa shape index (κ1) is 13.4. The highest BCUT2D eigenvalue weighted by atomic mass is 16.5. The Morgan fingerprint density at radius 1 is 1.44 bits per heavy atom. The van der Waals surface area contributed by atoms with E-state index in [4.69, 9.17) is 10.5 Å². The summed E-state index contributed by atoms with van der Waals surface area (Å²) in [4.78, 5) is 2.44. The molecule has 0 aliphatic carbocycles. The molecule has 0 radical (unpaired) electrons. The van der Waals surface area contributed by atoms with Crippen LogP contribution in [0.2, 0.25) is 0 Å². The molecule has 1 unspecified atom stereocenters. The molecule has 3 heteroatoms. The van der Waals surface area contributed by atoms with Crippen LogP contribution in [0.5, 0.6) is 5.75 Å². The van der Waals surface area contributed by atoms with Gasteiger partial charge in [0.2, 0.25) is 0 Å². The van der Waals surface area contributed by atoms with Crippen LogP contribution in [0.25, 0.3) is 0 Å². The lowest BCUT2D eigenvalue weighted by Crippen LogP contribution is -2.52. The molecule has 0 spiro atoms. The third-order valence-corrected chi connectivity index (χ3v) is 4.07. The molecule has 1 aromatic carbocycles. The van der Waals surface area contributed by atoms with Gasteiger partial charge in [0.1, 0.15) is 5.75 Å². The highest BCUT2D eigenvalue weighted by Gasteiger charge is 2.32. The third-order valence-electron chi connectivity index (χ3n) is 4.07. The van der Waals surface area contributed by atoms with Crippen LogP contribution in [0.1, 0.15) is 25.8 Å². The number of nitrogens with zero attached hydrogens (tertiary/aromatic N) is 1. The van der Waals surface area contributed by atoms with Gasteiger partial charge >= 0.3 is 0 Å². The number of nitrogens with two attached hydrogens (primary N) is 1. The molecule has 1 aliphatic heterocycles. The van der Waals surface area contributed by atoms with Crippen molar-refractivity contribution in [3.63, 3.8) is 0 Å². The smallest absolute Gasteiger partial charge is 0.119 e. The molecule has 0 aromatic heterocycles. The van der Waals surface area contributed by atoms with Crippen LogP contribution >= 0.6 is 0 Å². The van der Waals surface area contributed by atoms with Gasteiger partial charge in [-0.15, -0.1) is 0 Å². The molecule has 18 heavy (non-hydrogen) atoms. The summed E-state index contributed by atoms with van der Waals surface area (Å²) in [5.41, 5.74) is 7.81. The van der Waals surface area contributed by atoms with E-state index >= 15 is 0 Å². The van der Waals surface area contributed by atoms with Gasteiger partial charge in [0.25, 0.3) is 0 Å². The zero-order valence-corrected chi connectivity index (χ0v) is 11.6. The van der Waals surface area contributed by atoms with Crippen LogP contribution in [-0.4, -0.2) is 31.1 Å². The Labute approximate surface area is 110 Å². The van der Waals surface area contributed by atoms with Gasteiger partial charge in [0.15, 0.2) is 0 Å². The van der Waals surface area contributed by atoms with E-state index in [9.17, 15) is 0 Å². The zero-order valence-electron chi connectivity index (χ0n) is 11.6. The molecule has 2 N–H and O–H groups in total. The van der Waals surface area contributed by atoms with Crippen molar-refractivity contribution in [3.05, 3.63) is 29.8 Å². The van der Waals surface area contributed by atoms with Crippen LogP contribution < -0.4 is 10.5 Å². The van der Waals surface area contributed by atoms with Crippen molar-refractivity contribution < 1.29 is 4.74 Å². The lowest BCUT2D eigenvalue weighted by Gasteiger charge is -2.42. The van der Waals surface area contributed by atoms with E-state index in [1.807, 2.05) is 12.1 Å². The Kier molecular flexibility index (Phi) is 3.93. The summed E-state index contributed by atoms with van der Waals surface area (Å²) in [6, 6.07) is 8.53. The first-order valence-corrected chi connectivity index (χ1v) is 6.62. The normalized spacial score (nSPS) is 23.9. The third kappa shape index (κ3) is 3.03. The van der Waals surface area contributed by atoms with Crippen LogP contribution in [0.3, 0.4) is 0 Å². The number of methoxy groups -OCH3 is 1. The second kappa shape index (κ2) is 5.29. The minimum absolute atomic E-state index is 0.261.